The highest BCUT2D eigenvalue weighted by Crippen LogP contribution is 2.25. The molecule has 0 saturated carbocycles. The maximum Gasteiger partial charge on any atom is 0.323 e. The van der Waals surface area contributed by atoms with Crippen molar-refractivity contribution in [1.29, 1.82) is 0 Å². The zero-order valence-corrected chi connectivity index (χ0v) is 8.79. The molecule has 0 radical (unpaired) electrons. The second kappa shape index (κ2) is 4.02. The van der Waals surface area contributed by atoms with E-state index in [1.807, 2.05) is 0 Å². The van der Waals surface area contributed by atoms with Crippen LogP contribution in [-0.4, -0.2) is 18.9 Å². The van der Waals surface area contributed by atoms with E-state index in [0.717, 1.165) is 0 Å². The number of nitrogens with two attached hydrogens (primary N) is 1. The zero-order valence-electron chi connectivity index (χ0n) is 8.79. The first-order chi connectivity index (χ1) is 7.61. The van der Waals surface area contributed by atoms with Crippen LogP contribution < -0.4 is 10.6 Å². The Bertz CT molecular complexity index is 459. The van der Waals surface area contributed by atoms with Crippen molar-refractivity contribution in [2.45, 2.75) is 6.42 Å². The summed E-state index contributed by atoms with van der Waals surface area (Å²) in [7, 11) is 1.59. The van der Waals surface area contributed by atoms with Crippen LogP contribution in [-0.2, 0) is 16.0 Å². The Morgan fingerprint density at radius 2 is 2.31 bits per heavy atom. The molecule has 1 aliphatic rings. The lowest BCUT2D eigenvalue weighted by Gasteiger charge is -2.21. The molecular weight excluding hydrogens is 211 g/mol. The normalized spacial score (nSPS) is 18.9. The summed E-state index contributed by atoms with van der Waals surface area (Å²) in [5, 5.41) is 3.98. The Kier molecular flexibility index (Phi) is 2.70. The lowest BCUT2D eigenvalue weighted by molar-refractivity contribution is -0.541. The summed E-state index contributed by atoms with van der Waals surface area (Å²) in [4.78, 5) is 23.1. The molecule has 0 spiro atoms. The number of quaternary nitrogens is 1. The third kappa shape index (κ3) is 1.81. The van der Waals surface area contributed by atoms with Gasteiger partial charge < -0.3 is 5.32 Å². The molecule has 1 aromatic carbocycles. The van der Waals surface area contributed by atoms with Crippen molar-refractivity contribution in [3.63, 3.8) is 0 Å². The summed E-state index contributed by atoms with van der Waals surface area (Å²) < 4.78 is 13.0. The molecule has 2 rings (SSSR count). The maximum absolute atomic E-state index is 13.0. The number of halogens is 1. The standard InChI is InChI=1S/C11H11FN2O2/c1-13-10(15)8-5-6-4-7(12)2-3-9(6)14-11(8)16/h2-4,8H,5H2,1H3,(H,13,15)(H,14,16)/p+1. The van der Waals surface area contributed by atoms with Crippen LogP contribution in [0.5, 0.6) is 0 Å². The van der Waals surface area contributed by atoms with Crippen molar-refractivity contribution in [2.75, 3.05) is 12.4 Å². The molecule has 84 valence electrons. The highest BCUT2D eigenvalue weighted by atomic mass is 19.1. The first kappa shape index (κ1) is 10.8. The second-order valence-corrected chi connectivity index (χ2v) is 3.74. The van der Waals surface area contributed by atoms with Crippen molar-refractivity contribution in [3.8, 4) is 0 Å². The highest BCUT2D eigenvalue weighted by molar-refractivity contribution is 6.06. The molecule has 3 N–H and O–H groups in total. The molecule has 0 aliphatic carbocycles. The van der Waals surface area contributed by atoms with E-state index < -0.39 is 5.92 Å². The minimum atomic E-state index is -0.723. The summed E-state index contributed by atoms with van der Waals surface area (Å²) in [6, 6.07) is 4.15. The first-order valence-electron chi connectivity index (χ1n) is 5.04. The second-order valence-electron chi connectivity index (χ2n) is 3.74. The maximum atomic E-state index is 13.0. The molecule has 1 aromatic rings. The molecule has 0 bridgehead atoms. The third-order valence-corrected chi connectivity index (χ3v) is 2.69. The van der Waals surface area contributed by atoms with Crippen LogP contribution >= 0.6 is 0 Å². The number of hydrogen-bond donors (Lipinski definition) is 2. The molecule has 0 saturated heterocycles. The quantitative estimate of drug-likeness (QED) is 0.640. The van der Waals surface area contributed by atoms with E-state index in [1.165, 1.54) is 23.5 Å². The van der Waals surface area contributed by atoms with Crippen molar-refractivity contribution < 1.29 is 19.3 Å². The largest absolute Gasteiger partial charge is 0.325 e. The van der Waals surface area contributed by atoms with E-state index >= 15 is 0 Å². The van der Waals surface area contributed by atoms with Gasteiger partial charge in [-0.2, -0.15) is 0 Å². The minimum Gasteiger partial charge on any atom is -0.325 e. The summed E-state index contributed by atoms with van der Waals surface area (Å²) in [5.41, 5.74) is 1.26. The number of anilines is 1. The van der Waals surface area contributed by atoms with Gasteiger partial charge >= 0.3 is 5.91 Å². The molecule has 5 heteroatoms. The van der Waals surface area contributed by atoms with Gasteiger partial charge in [0.15, 0.2) is 5.92 Å². The van der Waals surface area contributed by atoms with Gasteiger partial charge in [0.25, 0.3) is 0 Å². The van der Waals surface area contributed by atoms with Crippen molar-refractivity contribution in [1.82, 2.24) is 0 Å². The van der Waals surface area contributed by atoms with Crippen LogP contribution in [0, 0.1) is 11.7 Å². The molecule has 1 unspecified atom stereocenters. The van der Waals surface area contributed by atoms with E-state index in [9.17, 15) is 14.0 Å². The molecule has 0 fully saturated rings. The van der Waals surface area contributed by atoms with Gasteiger partial charge in [0.1, 0.15) is 5.82 Å². The molecule has 1 atom stereocenters. The molecule has 0 aromatic heterocycles. The molecule has 16 heavy (non-hydrogen) atoms. The number of primary amides is 1. The smallest absolute Gasteiger partial charge is 0.323 e. The van der Waals surface area contributed by atoms with Gasteiger partial charge in [0, 0.05) is 5.69 Å². The average Bonchev–Trinajstić information content (AvgIpc) is 2.28. The number of carbonyl (C=O) groups excluding carboxylic acids is 2. The Labute approximate surface area is 91.8 Å². The lowest BCUT2D eigenvalue weighted by Crippen LogP contribution is -2.86. The number of nitrogens with one attached hydrogen (secondary N) is 1. The minimum absolute atomic E-state index is 0.229. The van der Waals surface area contributed by atoms with Gasteiger partial charge in [0.05, 0.1) is 7.05 Å². The fraction of sp³-hybridized carbons (Fsp3) is 0.273. The van der Waals surface area contributed by atoms with Gasteiger partial charge in [-0.1, -0.05) is 0 Å². The summed E-state index contributed by atoms with van der Waals surface area (Å²) in [6.07, 6.45) is 0.266. The first-order valence-corrected chi connectivity index (χ1v) is 5.04. The number of rotatable bonds is 1. The Balaban J connectivity index is 2.33. The topological polar surface area (TPSA) is 62.8 Å². The predicted molar refractivity (Wildman–Crippen MR) is 55.1 cm³/mol. The van der Waals surface area contributed by atoms with E-state index in [0.29, 0.717) is 11.3 Å². The van der Waals surface area contributed by atoms with Crippen LogP contribution in [0.15, 0.2) is 18.2 Å². The van der Waals surface area contributed by atoms with E-state index in [-0.39, 0.29) is 24.1 Å². The molecular formula is C11H12FN2O2+. The van der Waals surface area contributed by atoms with Crippen molar-refractivity contribution in [3.05, 3.63) is 29.6 Å². The number of benzene rings is 1. The number of amides is 2. The van der Waals surface area contributed by atoms with Crippen LogP contribution in [0.3, 0.4) is 0 Å². The van der Waals surface area contributed by atoms with Crippen LogP contribution in [0.4, 0.5) is 10.1 Å². The Hall–Kier alpha value is -1.75. The monoisotopic (exact) mass is 223 g/mol. The molecule has 1 aliphatic heterocycles. The molecule has 4 nitrogen and oxygen atoms in total. The van der Waals surface area contributed by atoms with E-state index in [2.05, 4.69) is 5.32 Å². The van der Waals surface area contributed by atoms with Crippen molar-refractivity contribution >= 4 is 17.5 Å². The average molecular weight is 223 g/mol. The summed E-state index contributed by atoms with van der Waals surface area (Å²) in [5.74, 6) is -1.63. The lowest BCUT2D eigenvalue weighted by atomic mass is 9.92. The summed E-state index contributed by atoms with van der Waals surface area (Å²) in [6.45, 7) is 0. The highest BCUT2D eigenvalue weighted by Gasteiger charge is 2.34. The van der Waals surface area contributed by atoms with Gasteiger partial charge in [0.2, 0.25) is 5.91 Å². The van der Waals surface area contributed by atoms with Gasteiger partial charge in [-0.25, -0.2) is 9.18 Å². The third-order valence-electron chi connectivity index (χ3n) is 2.69. The molecule has 1 heterocycles. The fourth-order valence-electron chi connectivity index (χ4n) is 1.82. The van der Waals surface area contributed by atoms with Gasteiger partial charge in [-0.15, -0.1) is 0 Å². The zero-order chi connectivity index (χ0) is 11.7. The molecule has 2 amide bonds. The Morgan fingerprint density at radius 1 is 1.56 bits per heavy atom. The number of hydrogen-bond acceptors (Lipinski definition) is 2. The van der Waals surface area contributed by atoms with Crippen LogP contribution in [0.1, 0.15) is 5.56 Å². The SMILES string of the molecule is C[NH2+]C(=O)C1Cc2cc(F)ccc2NC1=O. The van der Waals surface area contributed by atoms with E-state index in [1.54, 1.807) is 7.05 Å². The Morgan fingerprint density at radius 3 is 3.00 bits per heavy atom. The van der Waals surface area contributed by atoms with Gasteiger partial charge in [-0.3, -0.25) is 10.1 Å². The fourth-order valence-corrected chi connectivity index (χ4v) is 1.82. The van der Waals surface area contributed by atoms with Crippen molar-refractivity contribution in [2.24, 2.45) is 5.92 Å². The summed E-state index contributed by atoms with van der Waals surface area (Å²) >= 11 is 0. The van der Waals surface area contributed by atoms with Crippen LogP contribution in [0.25, 0.3) is 0 Å². The number of fused-ring (bicyclic) bond motifs is 1. The predicted octanol–water partition coefficient (Wildman–Crippen LogP) is -0.344. The van der Waals surface area contributed by atoms with E-state index in [4.69, 9.17) is 0 Å². The van der Waals surface area contributed by atoms with Gasteiger partial charge in [-0.05, 0) is 30.2 Å². The van der Waals surface area contributed by atoms with Crippen LogP contribution in [0.2, 0.25) is 0 Å². The number of carbonyl (C=O) groups is 2.